The van der Waals surface area contributed by atoms with E-state index in [9.17, 15) is 0 Å². The predicted molar refractivity (Wildman–Crippen MR) is 102 cm³/mol. The lowest BCUT2D eigenvalue weighted by atomic mass is 9.81. The molecular weight excluding hydrogens is 330 g/mol. The zero-order valence-corrected chi connectivity index (χ0v) is 16.0. The van der Waals surface area contributed by atoms with Gasteiger partial charge < -0.3 is 9.64 Å². The van der Waals surface area contributed by atoms with Gasteiger partial charge in [0.1, 0.15) is 11.4 Å². The van der Waals surface area contributed by atoms with Gasteiger partial charge >= 0.3 is 0 Å². The first kappa shape index (κ1) is 17.0. The first-order valence-corrected chi connectivity index (χ1v) is 10.1. The van der Waals surface area contributed by atoms with E-state index >= 15 is 0 Å². The first-order chi connectivity index (χ1) is 12.1. The zero-order chi connectivity index (χ0) is 17.3. The SMILES string of the molecule is CN(C)C1CCC2(CC1)CN(Cc1cscn1)Cc1ccccc1O2. The van der Waals surface area contributed by atoms with Gasteiger partial charge in [0.2, 0.25) is 0 Å². The van der Waals surface area contributed by atoms with E-state index in [0.29, 0.717) is 6.04 Å². The molecular formula is C20H27N3OS. The van der Waals surface area contributed by atoms with Gasteiger partial charge in [-0.05, 0) is 45.8 Å². The normalized spacial score (nSPS) is 27.1. The molecule has 5 heteroatoms. The van der Waals surface area contributed by atoms with Gasteiger partial charge in [0, 0.05) is 36.6 Å². The molecule has 2 heterocycles. The number of para-hydroxylation sites is 1. The van der Waals surface area contributed by atoms with Gasteiger partial charge in [0.25, 0.3) is 0 Å². The summed E-state index contributed by atoms with van der Waals surface area (Å²) in [5.74, 6) is 1.08. The molecule has 1 spiro atoms. The van der Waals surface area contributed by atoms with Crippen molar-refractivity contribution in [2.24, 2.45) is 0 Å². The van der Waals surface area contributed by atoms with E-state index in [1.807, 2.05) is 5.51 Å². The molecule has 0 unspecified atom stereocenters. The third-order valence-corrected chi connectivity index (χ3v) is 6.31. The van der Waals surface area contributed by atoms with Crippen LogP contribution in [0.15, 0.2) is 35.2 Å². The molecule has 0 saturated heterocycles. The summed E-state index contributed by atoms with van der Waals surface area (Å²) in [5.41, 5.74) is 4.33. The highest BCUT2D eigenvalue weighted by molar-refractivity contribution is 7.07. The second-order valence-electron chi connectivity index (χ2n) is 7.71. The Morgan fingerprint density at radius 3 is 2.80 bits per heavy atom. The molecule has 25 heavy (non-hydrogen) atoms. The van der Waals surface area contributed by atoms with Crippen LogP contribution in [-0.2, 0) is 13.1 Å². The number of ether oxygens (including phenoxy) is 1. The van der Waals surface area contributed by atoms with Crippen molar-refractivity contribution in [2.75, 3.05) is 20.6 Å². The van der Waals surface area contributed by atoms with E-state index in [1.165, 1.54) is 24.1 Å². The van der Waals surface area contributed by atoms with Crippen LogP contribution < -0.4 is 4.74 Å². The summed E-state index contributed by atoms with van der Waals surface area (Å²) in [5, 5.41) is 2.16. The maximum atomic E-state index is 6.68. The van der Waals surface area contributed by atoms with Crippen LogP contribution in [0.5, 0.6) is 5.75 Å². The predicted octanol–water partition coefficient (Wildman–Crippen LogP) is 3.78. The molecule has 0 bridgehead atoms. The molecule has 4 rings (SSSR count). The molecule has 1 fully saturated rings. The summed E-state index contributed by atoms with van der Waals surface area (Å²) >= 11 is 1.68. The molecule has 0 N–H and O–H groups in total. The largest absolute Gasteiger partial charge is 0.486 e. The van der Waals surface area contributed by atoms with Crippen LogP contribution in [0.25, 0.3) is 0 Å². The second kappa shape index (κ2) is 7.06. The molecule has 1 aliphatic heterocycles. The Kier molecular flexibility index (Phi) is 4.80. The van der Waals surface area contributed by atoms with Gasteiger partial charge in [-0.15, -0.1) is 11.3 Å². The fourth-order valence-corrected chi connectivity index (χ4v) is 4.82. The Morgan fingerprint density at radius 2 is 2.08 bits per heavy atom. The average molecular weight is 358 g/mol. The van der Waals surface area contributed by atoms with Crippen molar-refractivity contribution in [2.45, 2.75) is 50.4 Å². The number of nitrogens with zero attached hydrogens (tertiary/aromatic N) is 3. The summed E-state index contributed by atoms with van der Waals surface area (Å²) < 4.78 is 6.68. The fraction of sp³-hybridized carbons (Fsp3) is 0.550. The number of aromatic nitrogens is 1. The van der Waals surface area contributed by atoms with Gasteiger partial charge in [-0.1, -0.05) is 18.2 Å². The average Bonchev–Trinajstić information content (AvgIpc) is 3.04. The fourth-order valence-electron chi connectivity index (χ4n) is 4.27. The lowest BCUT2D eigenvalue weighted by Crippen LogP contribution is -2.50. The third kappa shape index (κ3) is 3.73. The molecule has 1 aromatic heterocycles. The molecule has 4 nitrogen and oxygen atoms in total. The zero-order valence-electron chi connectivity index (χ0n) is 15.1. The van der Waals surface area contributed by atoms with Crippen LogP contribution in [-0.4, -0.2) is 47.1 Å². The molecule has 1 saturated carbocycles. The Hall–Kier alpha value is -1.43. The monoisotopic (exact) mass is 357 g/mol. The summed E-state index contributed by atoms with van der Waals surface area (Å²) in [6.45, 7) is 2.83. The quantitative estimate of drug-likeness (QED) is 0.836. The van der Waals surface area contributed by atoms with E-state index in [0.717, 1.165) is 38.2 Å². The highest BCUT2D eigenvalue weighted by Gasteiger charge is 2.41. The number of hydrogen-bond donors (Lipinski definition) is 0. The van der Waals surface area contributed by atoms with Crippen LogP contribution >= 0.6 is 11.3 Å². The minimum atomic E-state index is -0.0604. The molecule has 2 aromatic rings. The highest BCUT2D eigenvalue weighted by atomic mass is 32.1. The second-order valence-corrected chi connectivity index (χ2v) is 8.43. The van der Waals surface area contributed by atoms with Crippen LogP contribution in [0.4, 0.5) is 0 Å². The topological polar surface area (TPSA) is 28.6 Å². The maximum absolute atomic E-state index is 6.68. The van der Waals surface area contributed by atoms with Crippen LogP contribution in [0, 0.1) is 0 Å². The summed E-state index contributed by atoms with van der Waals surface area (Å²) in [7, 11) is 4.39. The van der Waals surface area contributed by atoms with Crippen molar-refractivity contribution < 1.29 is 4.74 Å². The minimum absolute atomic E-state index is 0.0604. The van der Waals surface area contributed by atoms with E-state index < -0.39 is 0 Å². The number of fused-ring (bicyclic) bond motifs is 1. The Bertz CT molecular complexity index is 693. The Morgan fingerprint density at radius 1 is 1.28 bits per heavy atom. The van der Waals surface area contributed by atoms with Crippen molar-refractivity contribution in [3.05, 3.63) is 46.4 Å². The Labute approximate surface area is 154 Å². The molecule has 134 valence electrons. The van der Waals surface area contributed by atoms with Crippen molar-refractivity contribution in [3.8, 4) is 5.75 Å². The van der Waals surface area contributed by atoms with Crippen molar-refractivity contribution in [1.82, 2.24) is 14.8 Å². The molecule has 0 amide bonds. The minimum Gasteiger partial charge on any atom is -0.486 e. The number of rotatable bonds is 3. The lowest BCUT2D eigenvalue weighted by Gasteiger charge is -2.43. The molecule has 2 aliphatic rings. The standard InChI is InChI=1S/C20H27N3OS/c1-22(2)18-7-9-20(10-8-18)14-23(12-17-13-25-15-21-17)11-16-5-3-4-6-19(16)24-20/h3-6,13,15,18H,7-12,14H2,1-2H3. The number of hydrogen-bond acceptors (Lipinski definition) is 5. The van der Waals surface area contributed by atoms with Gasteiger partial charge in [0.05, 0.1) is 11.2 Å². The lowest BCUT2D eigenvalue weighted by molar-refractivity contribution is -0.0136. The van der Waals surface area contributed by atoms with Crippen LogP contribution in [0.3, 0.4) is 0 Å². The smallest absolute Gasteiger partial charge is 0.124 e. The summed E-state index contributed by atoms with van der Waals surface area (Å²) in [6.07, 6.45) is 4.66. The number of benzene rings is 1. The van der Waals surface area contributed by atoms with Gasteiger partial charge in [-0.25, -0.2) is 4.98 Å². The van der Waals surface area contributed by atoms with Gasteiger partial charge in [0.15, 0.2) is 0 Å². The van der Waals surface area contributed by atoms with Crippen molar-refractivity contribution in [1.29, 1.82) is 0 Å². The molecule has 1 aromatic carbocycles. The molecule has 0 radical (unpaired) electrons. The summed E-state index contributed by atoms with van der Waals surface area (Å²) in [6, 6.07) is 9.23. The van der Waals surface area contributed by atoms with E-state index in [1.54, 1.807) is 11.3 Å². The maximum Gasteiger partial charge on any atom is 0.124 e. The third-order valence-electron chi connectivity index (χ3n) is 5.67. The van der Waals surface area contributed by atoms with E-state index in [4.69, 9.17) is 4.74 Å². The van der Waals surface area contributed by atoms with Crippen LogP contribution in [0.2, 0.25) is 0 Å². The van der Waals surface area contributed by atoms with Gasteiger partial charge in [-0.2, -0.15) is 0 Å². The van der Waals surface area contributed by atoms with Gasteiger partial charge in [-0.3, -0.25) is 4.90 Å². The van der Waals surface area contributed by atoms with E-state index in [2.05, 4.69) is 58.5 Å². The Balaban J connectivity index is 1.58. The first-order valence-electron chi connectivity index (χ1n) is 9.16. The number of thiazole rings is 1. The summed E-state index contributed by atoms with van der Waals surface area (Å²) in [4.78, 5) is 9.39. The van der Waals surface area contributed by atoms with Crippen LogP contribution in [0.1, 0.15) is 36.9 Å². The van der Waals surface area contributed by atoms with Crippen molar-refractivity contribution in [3.63, 3.8) is 0 Å². The molecule has 1 aliphatic carbocycles. The van der Waals surface area contributed by atoms with Crippen molar-refractivity contribution >= 4 is 11.3 Å². The highest BCUT2D eigenvalue weighted by Crippen LogP contribution is 2.39. The van der Waals surface area contributed by atoms with E-state index in [-0.39, 0.29) is 5.60 Å². The molecule has 0 atom stereocenters.